The second-order valence-electron chi connectivity index (χ2n) is 22.3. The van der Waals surface area contributed by atoms with E-state index in [1.807, 2.05) is 65.0 Å². The van der Waals surface area contributed by atoms with Crippen LogP contribution < -0.4 is 0 Å². The van der Waals surface area contributed by atoms with E-state index in [-0.39, 0.29) is 54.9 Å². The van der Waals surface area contributed by atoms with Crippen LogP contribution in [0.3, 0.4) is 0 Å². The number of allylic oxidation sites excluding steroid dienone is 5. The van der Waals surface area contributed by atoms with Crippen molar-refractivity contribution in [2.75, 3.05) is 27.9 Å². The Bertz CT molecular complexity index is 2010. The highest BCUT2D eigenvalue weighted by atomic mass is 28.4. The number of hydrogen-bond donors (Lipinski definition) is 2. The molecule has 0 aromatic carbocycles. The van der Waals surface area contributed by atoms with E-state index in [1.54, 1.807) is 28.3 Å². The number of methoxy groups -OCH3 is 3. The molecular weight excluding hydrogens is 961 g/mol. The topological polar surface area (TPSA) is 216 Å². The maximum atomic E-state index is 14.8. The first kappa shape index (κ1) is 63.0. The van der Waals surface area contributed by atoms with Gasteiger partial charge in [-0.25, -0.2) is 4.79 Å². The van der Waals surface area contributed by atoms with Crippen molar-refractivity contribution in [1.29, 1.82) is 0 Å². The summed E-state index contributed by atoms with van der Waals surface area (Å²) in [6.45, 7) is 20.1. The highest BCUT2D eigenvalue weighted by molar-refractivity contribution is 6.73. The summed E-state index contributed by atoms with van der Waals surface area (Å²) in [5, 5.41) is 27.1. The van der Waals surface area contributed by atoms with Gasteiger partial charge in [0.15, 0.2) is 14.1 Å². The summed E-state index contributed by atoms with van der Waals surface area (Å²) in [5.41, 5.74) is 11.8. The standard InChI is InChI=1S/C57H94N4O12Si/c1-14-74(15-2,16-3)73-52-41(9)31-38(6)45(59-60-58)35-49(39(7)32-43-26-28-47(62)50(33-43)69-12)71-56(66)46-24-20-21-29-61(46)55(65)54(64)57(67)42(10)25-27-44(72-57)34-48(68-11)37(5)23-19-17-18-22-36(4)30-40(8)51(63)53(52)70-13/h17-19,22-23,31,36,38-40,42-50,52-53,62,67H,14-16,20-21,24-30,32-35H2,1-13H3/b19-17+,22-18+,37-23+,41-31+/t36-,38-,39-,40-,42-,43+,44+,45+,46+,47-,48+,49+,50-,52-,53+,57-/m1/s1. The number of aliphatic hydroxyl groups is 2. The van der Waals surface area contributed by atoms with Crippen LogP contribution in [0.4, 0.5) is 0 Å². The first-order valence-electron chi connectivity index (χ1n) is 27.8. The van der Waals surface area contributed by atoms with Crippen LogP contribution in [0.5, 0.6) is 0 Å². The number of azide groups is 1. The number of Topliss-reactive ketones (excluding diaryl/α,β-unsaturated/α-hetero) is 2. The Morgan fingerprint density at radius 1 is 0.865 bits per heavy atom. The molecule has 74 heavy (non-hydrogen) atoms. The average molecular weight is 1060 g/mol. The maximum absolute atomic E-state index is 14.8. The minimum Gasteiger partial charge on any atom is -0.461 e. The third kappa shape index (κ3) is 16.5. The molecule has 0 aromatic rings. The fourth-order valence-corrected chi connectivity index (χ4v) is 14.7. The molecule has 3 fully saturated rings. The van der Waals surface area contributed by atoms with E-state index < -0.39 is 92.3 Å². The molecule has 0 spiro atoms. The quantitative estimate of drug-likeness (QED) is 0.0355. The second kappa shape index (κ2) is 29.9. The van der Waals surface area contributed by atoms with Gasteiger partial charge in [-0.3, -0.25) is 14.4 Å². The van der Waals surface area contributed by atoms with Gasteiger partial charge in [0.05, 0.1) is 30.5 Å². The Kier molecular flexibility index (Phi) is 25.4. The number of fused-ring (bicyclic) bond motifs is 3. The van der Waals surface area contributed by atoms with Gasteiger partial charge in [0.2, 0.25) is 5.79 Å². The number of hydrogen-bond acceptors (Lipinski definition) is 13. The highest BCUT2D eigenvalue weighted by Gasteiger charge is 2.53. The zero-order valence-electron chi connectivity index (χ0n) is 47.2. The average Bonchev–Trinajstić information content (AvgIpc) is 3.39. The summed E-state index contributed by atoms with van der Waals surface area (Å²) in [5.74, 6) is -6.89. The number of esters is 1. The lowest BCUT2D eigenvalue weighted by atomic mass is 9.78. The Morgan fingerprint density at radius 3 is 2.20 bits per heavy atom. The molecule has 2 saturated heterocycles. The molecule has 0 aromatic heterocycles. The normalized spacial score (nSPS) is 38.0. The molecule has 1 saturated carbocycles. The molecule has 1 aliphatic carbocycles. The van der Waals surface area contributed by atoms with E-state index in [2.05, 4.69) is 43.8 Å². The summed E-state index contributed by atoms with van der Waals surface area (Å²) in [6, 6.07) is 0.688. The highest BCUT2D eigenvalue weighted by Crippen LogP contribution is 2.39. The van der Waals surface area contributed by atoms with Crippen molar-refractivity contribution in [1.82, 2.24) is 4.90 Å². The van der Waals surface area contributed by atoms with Crippen LogP contribution in [-0.2, 0) is 47.3 Å². The largest absolute Gasteiger partial charge is 0.461 e. The molecule has 2 N–H and O–H groups in total. The molecule has 0 unspecified atom stereocenters. The number of carbonyl (C=O) groups excluding carboxylic acids is 4. The molecular formula is C57H94N4O12Si. The number of amides is 1. The molecule has 3 heterocycles. The first-order chi connectivity index (χ1) is 35.2. The van der Waals surface area contributed by atoms with E-state index in [1.165, 1.54) is 4.90 Å². The number of ether oxygens (including phenoxy) is 5. The van der Waals surface area contributed by atoms with Crippen LogP contribution >= 0.6 is 0 Å². The van der Waals surface area contributed by atoms with Crippen molar-refractivity contribution in [3.8, 4) is 0 Å². The fraction of sp³-hybridized carbons (Fsp3) is 0.789. The van der Waals surface area contributed by atoms with Crippen molar-refractivity contribution in [3.05, 3.63) is 58.0 Å². The van der Waals surface area contributed by atoms with Gasteiger partial charge in [-0.05, 0) is 143 Å². The third-order valence-corrected chi connectivity index (χ3v) is 21.8. The Balaban J connectivity index is 1.84. The zero-order valence-corrected chi connectivity index (χ0v) is 48.2. The van der Waals surface area contributed by atoms with Gasteiger partial charge in [0.1, 0.15) is 18.2 Å². The summed E-state index contributed by atoms with van der Waals surface area (Å²) in [6.07, 6.45) is 13.4. The van der Waals surface area contributed by atoms with Crippen LogP contribution in [0.2, 0.25) is 18.1 Å². The van der Waals surface area contributed by atoms with Gasteiger partial charge in [-0.15, -0.1) is 0 Å². The number of piperidine rings is 1. The zero-order chi connectivity index (χ0) is 54.9. The summed E-state index contributed by atoms with van der Waals surface area (Å²) in [7, 11) is 2.39. The van der Waals surface area contributed by atoms with E-state index in [0.717, 1.165) is 35.7 Å². The number of cyclic esters (lactones) is 1. The molecule has 2 bridgehead atoms. The van der Waals surface area contributed by atoms with Crippen molar-refractivity contribution >= 4 is 31.8 Å². The molecule has 4 aliphatic rings. The predicted molar refractivity (Wildman–Crippen MR) is 289 cm³/mol. The van der Waals surface area contributed by atoms with E-state index >= 15 is 0 Å². The van der Waals surface area contributed by atoms with Crippen LogP contribution in [0.1, 0.15) is 146 Å². The lowest BCUT2D eigenvalue weighted by Gasteiger charge is -2.43. The van der Waals surface area contributed by atoms with E-state index in [4.69, 9.17) is 28.1 Å². The van der Waals surface area contributed by atoms with Crippen molar-refractivity contribution < 1.29 is 57.5 Å². The molecule has 0 radical (unpaired) electrons. The first-order valence-corrected chi connectivity index (χ1v) is 30.4. The Hall–Kier alpha value is -3.51. The number of nitrogens with zero attached hydrogens (tertiary/aromatic N) is 4. The number of carbonyl (C=O) groups is 4. The second-order valence-corrected chi connectivity index (χ2v) is 27.1. The fourth-order valence-electron chi connectivity index (χ4n) is 11.9. The number of aliphatic hydroxyl groups excluding tert-OH is 1. The Labute approximate surface area is 444 Å². The van der Waals surface area contributed by atoms with Crippen LogP contribution in [0, 0.1) is 35.5 Å². The smallest absolute Gasteiger partial charge is 0.329 e. The predicted octanol–water partition coefficient (Wildman–Crippen LogP) is 10.3. The SMILES string of the molecule is CC[Si](CC)(CC)O[C@@H]1/C(C)=C/[C@@H](C)[C@@H](N=[N+]=[N-])C[C@@H]([C@H](C)C[C@@H]2CC[C@@H](O)[C@H](OC)C2)OC(=O)[C@@H]2CCCCN2C(=O)C(=O)[C@]2(O)O[C@@H](CC[C@H]2C)C[C@H](OC)/C(C)=C/C=C/C=C/[C@@H](C)C[C@@H](C)C(=O)[C@@H]1OC. The molecule has 17 heteroatoms. The van der Waals surface area contributed by atoms with Gasteiger partial charge in [-0.2, -0.15) is 0 Å². The minimum atomic E-state index is -2.43. The van der Waals surface area contributed by atoms with Gasteiger partial charge in [0, 0.05) is 57.1 Å². The van der Waals surface area contributed by atoms with Crippen LogP contribution in [-0.4, -0.2) is 135 Å². The number of ketones is 2. The van der Waals surface area contributed by atoms with Gasteiger partial charge in [0.25, 0.3) is 11.7 Å². The van der Waals surface area contributed by atoms with Crippen LogP contribution in [0.25, 0.3) is 10.4 Å². The monoisotopic (exact) mass is 1050 g/mol. The Morgan fingerprint density at radius 2 is 1.57 bits per heavy atom. The number of rotatable bonds is 12. The summed E-state index contributed by atoms with van der Waals surface area (Å²) >= 11 is 0. The molecule has 1 amide bonds. The van der Waals surface area contributed by atoms with E-state index in [9.17, 15) is 34.9 Å². The molecule has 16 atom stereocenters. The molecule has 16 nitrogen and oxygen atoms in total. The molecule has 3 aliphatic heterocycles. The van der Waals surface area contributed by atoms with Crippen molar-refractivity contribution in [3.63, 3.8) is 0 Å². The maximum Gasteiger partial charge on any atom is 0.329 e. The van der Waals surface area contributed by atoms with Gasteiger partial charge < -0.3 is 43.2 Å². The minimum absolute atomic E-state index is 0.0513. The van der Waals surface area contributed by atoms with Crippen molar-refractivity contribution in [2.24, 2.45) is 40.6 Å². The van der Waals surface area contributed by atoms with Crippen molar-refractivity contribution in [2.45, 2.75) is 225 Å². The lowest BCUT2D eigenvalue weighted by molar-refractivity contribution is -0.265. The summed E-state index contributed by atoms with van der Waals surface area (Å²) in [4.78, 5) is 62.8. The van der Waals surface area contributed by atoms with Gasteiger partial charge in [-0.1, -0.05) is 97.0 Å². The van der Waals surface area contributed by atoms with Crippen LogP contribution in [0.15, 0.2) is 52.7 Å². The molecule has 4 rings (SSSR count). The third-order valence-electron chi connectivity index (χ3n) is 17.1. The molecule has 418 valence electrons. The summed E-state index contributed by atoms with van der Waals surface area (Å²) < 4.78 is 37.7. The lowest BCUT2D eigenvalue weighted by Crippen LogP contribution is -2.61. The van der Waals surface area contributed by atoms with Gasteiger partial charge >= 0.3 is 5.97 Å². The van der Waals surface area contributed by atoms with E-state index in [0.29, 0.717) is 57.8 Å².